The van der Waals surface area contributed by atoms with Crippen molar-refractivity contribution in [3.63, 3.8) is 0 Å². The molecule has 0 radical (unpaired) electrons. The summed E-state index contributed by atoms with van der Waals surface area (Å²) >= 11 is 0. The number of hydrogen-bond donors (Lipinski definition) is 1. The van der Waals surface area contributed by atoms with Crippen LogP contribution in [-0.2, 0) is 6.61 Å². The van der Waals surface area contributed by atoms with Gasteiger partial charge in [0, 0.05) is 17.0 Å². The molecule has 0 aliphatic heterocycles. The fraction of sp³-hybridized carbons (Fsp3) is 0.158. The lowest BCUT2D eigenvalue weighted by Crippen LogP contribution is -2.05. The van der Waals surface area contributed by atoms with Gasteiger partial charge in [0.1, 0.15) is 17.9 Å². The molecule has 1 N–H and O–H groups in total. The first kappa shape index (κ1) is 15.8. The van der Waals surface area contributed by atoms with Gasteiger partial charge in [0.15, 0.2) is 0 Å². The van der Waals surface area contributed by atoms with E-state index in [0.29, 0.717) is 23.5 Å². The van der Waals surface area contributed by atoms with E-state index < -0.39 is 5.97 Å². The van der Waals surface area contributed by atoms with E-state index in [1.807, 2.05) is 19.1 Å². The van der Waals surface area contributed by atoms with Crippen LogP contribution < -0.4 is 10.4 Å². The zero-order valence-electron chi connectivity index (χ0n) is 13.3. The molecule has 5 heteroatoms. The summed E-state index contributed by atoms with van der Waals surface area (Å²) in [6, 6.07) is 11.9. The van der Waals surface area contributed by atoms with E-state index >= 15 is 0 Å². The van der Waals surface area contributed by atoms with Crippen LogP contribution in [0.5, 0.6) is 5.75 Å². The van der Waals surface area contributed by atoms with Crippen molar-refractivity contribution in [2.24, 2.45) is 0 Å². The summed E-state index contributed by atoms with van der Waals surface area (Å²) in [5, 5.41) is 9.76. The Labute approximate surface area is 138 Å². The number of benzene rings is 2. The van der Waals surface area contributed by atoms with E-state index in [-0.39, 0.29) is 11.2 Å². The predicted octanol–water partition coefficient (Wildman–Crippen LogP) is 3.69. The lowest BCUT2D eigenvalue weighted by Gasteiger charge is -2.09. The maximum absolute atomic E-state index is 11.8. The first-order valence-electron chi connectivity index (χ1n) is 7.45. The zero-order valence-corrected chi connectivity index (χ0v) is 13.3. The van der Waals surface area contributed by atoms with Crippen molar-refractivity contribution in [3.8, 4) is 5.75 Å². The molecule has 24 heavy (non-hydrogen) atoms. The molecule has 1 heterocycles. The molecule has 0 amide bonds. The van der Waals surface area contributed by atoms with Gasteiger partial charge in [0.2, 0.25) is 0 Å². The number of carbonyl (C=O) groups is 1. The van der Waals surface area contributed by atoms with Crippen LogP contribution in [-0.4, -0.2) is 11.1 Å². The lowest BCUT2D eigenvalue weighted by molar-refractivity contribution is 0.0697. The van der Waals surface area contributed by atoms with Gasteiger partial charge < -0.3 is 14.3 Å². The second-order valence-electron chi connectivity index (χ2n) is 5.59. The third-order valence-electron chi connectivity index (χ3n) is 4.03. The van der Waals surface area contributed by atoms with Gasteiger partial charge >= 0.3 is 11.6 Å². The molecule has 3 rings (SSSR count). The second kappa shape index (κ2) is 6.20. The first-order chi connectivity index (χ1) is 11.5. The summed E-state index contributed by atoms with van der Waals surface area (Å²) < 4.78 is 11.0. The van der Waals surface area contributed by atoms with Gasteiger partial charge in [-0.15, -0.1) is 0 Å². The highest BCUT2D eigenvalue weighted by molar-refractivity contribution is 5.87. The van der Waals surface area contributed by atoms with E-state index in [4.69, 9.17) is 14.3 Å². The smallest absolute Gasteiger partial charge is 0.339 e. The Morgan fingerprint density at radius 2 is 1.79 bits per heavy atom. The van der Waals surface area contributed by atoms with Crippen LogP contribution in [0.25, 0.3) is 11.0 Å². The standard InChI is InChI=1S/C19H16O5/c1-11-12(2)19(22)24-17-9-15(7-8-16(11)17)23-10-13-3-5-14(6-4-13)18(20)21/h3-9H,10H2,1-2H3,(H,20,21). The van der Waals surface area contributed by atoms with Crippen molar-refractivity contribution < 1.29 is 19.1 Å². The number of fused-ring (bicyclic) bond motifs is 1. The first-order valence-corrected chi connectivity index (χ1v) is 7.45. The summed E-state index contributed by atoms with van der Waals surface area (Å²) in [6.07, 6.45) is 0. The van der Waals surface area contributed by atoms with E-state index in [0.717, 1.165) is 16.5 Å². The highest BCUT2D eigenvalue weighted by atomic mass is 16.5. The average molecular weight is 324 g/mol. The lowest BCUT2D eigenvalue weighted by atomic mass is 10.1. The minimum Gasteiger partial charge on any atom is -0.489 e. The van der Waals surface area contributed by atoms with Crippen LogP contribution in [0.15, 0.2) is 51.7 Å². The van der Waals surface area contributed by atoms with Crippen LogP contribution in [0.2, 0.25) is 0 Å². The van der Waals surface area contributed by atoms with Crippen molar-refractivity contribution in [3.05, 3.63) is 75.1 Å². The highest BCUT2D eigenvalue weighted by Gasteiger charge is 2.09. The molecule has 0 atom stereocenters. The topological polar surface area (TPSA) is 76.7 Å². The van der Waals surface area contributed by atoms with Gasteiger partial charge in [-0.1, -0.05) is 12.1 Å². The van der Waals surface area contributed by atoms with E-state index in [9.17, 15) is 9.59 Å². The van der Waals surface area contributed by atoms with Crippen molar-refractivity contribution in [2.75, 3.05) is 0 Å². The van der Waals surface area contributed by atoms with Crippen molar-refractivity contribution in [2.45, 2.75) is 20.5 Å². The van der Waals surface area contributed by atoms with Crippen LogP contribution in [0.4, 0.5) is 0 Å². The van der Waals surface area contributed by atoms with Crippen molar-refractivity contribution in [1.82, 2.24) is 0 Å². The fourth-order valence-corrected chi connectivity index (χ4v) is 2.43. The molecule has 0 saturated heterocycles. The summed E-state index contributed by atoms with van der Waals surface area (Å²) in [5.74, 6) is -0.381. The number of carboxylic acid groups (broad SMARTS) is 1. The average Bonchev–Trinajstić information content (AvgIpc) is 2.58. The number of hydrogen-bond acceptors (Lipinski definition) is 4. The van der Waals surface area contributed by atoms with Crippen LogP contribution >= 0.6 is 0 Å². The molecule has 2 aromatic carbocycles. The van der Waals surface area contributed by atoms with Crippen LogP contribution in [0.3, 0.4) is 0 Å². The predicted molar refractivity (Wildman–Crippen MR) is 89.7 cm³/mol. The molecule has 0 aliphatic rings. The van der Waals surface area contributed by atoms with Crippen LogP contribution in [0.1, 0.15) is 27.0 Å². The quantitative estimate of drug-likeness (QED) is 0.741. The number of ether oxygens (including phenoxy) is 1. The molecule has 0 unspecified atom stereocenters. The Bertz CT molecular complexity index is 967. The molecule has 0 saturated carbocycles. The zero-order chi connectivity index (χ0) is 17.3. The molecule has 0 spiro atoms. The fourth-order valence-electron chi connectivity index (χ4n) is 2.43. The molecular weight excluding hydrogens is 308 g/mol. The Morgan fingerprint density at radius 1 is 1.08 bits per heavy atom. The molecule has 1 aromatic heterocycles. The number of aromatic carboxylic acids is 1. The van der Waals surface area contributed by atoms with Gasteiger partial charge in [-0.2, -0.15) is 0 Å². The van der Waals surface area contributed by atoms with Gasteiger partial charge in [-0.25, -0.2) is 9.59 Å². The molecular formula is C19H16O5. The molecule has 0 aliphatic carbocycles. The largest absolute Gasteiger partial charge is 0.489 e. The minimum absolute atomic E-state index is 0.233. The Balaban J connectivity index is 1.81. The van der Waals surface area contributed by atoms with Gasteiger partial charge in [0.25, 0.3) is 0 Å². The Kier molecular flexibility index (Phi) is 4.08. The summed E-state index contributed by atoms with van der Waals surface area (Å²) in [5.41, 5.74) is 2.73. The number of carboxylic acids is 1. The number of aryl methyl sites for hydroxylation is 1. The normalized spacial score (nSPS) is 10.8. The summed E-state index contributed by atoms with van der Waals surface area (Å²) in [7, 11) is 0. The Hall–Kier alpha value is -3.08. The molecule has 0 bridgehead atoms. The van der Waals surface area contributed by atoms with Gasteiger partial charge in [0.05, 0.1) is 5.56 Å². The van der Waals surface area contributed by atoms with Crippen LogP contribution in [0, 0.1) is 13.8 Å². The maximum Gasteiger partial charge on any atom is 0.339 e. The Morgan fingerprint density at radius 3 is 2.46 bits per heavy atom. The minimum atomic E-state index is -0.960. The van der Waals surface area contributed by atoms with Crippen molar-refractivity contribution in [1.29, 1.82) is 0 Å². The third kappa shape index (κ3) is 3.01. The molecule has 122 valence electrons. The SMILES string of the molecule is Cc1c(C)c2ccc(OCc3ccc(C(=O)O)cc3)cc2oc1=O. The van der Waals surface area contributed by atoms with E-state index in [1.165, 1.54) is 12.1 Å². The number of rotatable bonds is 4. The monoisotopic (exact) mass is 324 g/mol. The molecule has 3 aromatic rings. The summed E-state index contributed by atoms with van der Waals surface area (Å²) in [6.45, 7) is 3.92. The van der Waals surface area contributed by atoms with E-state index in [2.05, 4.69) is 0 Å². The summed E-state index contributed by atoms with van der Waals surface area (Å²) in [4.78, 5) is 22.6. The van der Waals surface area contributed by atoms with E-state index in [1.54, 1.807) is 25.1 Å². The third-order valence-corrected chi connectivity index (χ3v) is 4.03. The molecule has 0 fully saturated rings. The van der Waals surface area contributed by atoms with Gasteiger partial charge in [-0.05, 0) is 49.2 Å². The van der Waals surface area contributed by atoms with Crippen molar-refractivity contribution >= 4 is 16.9 Å². The molecule has 5 nitrogen and oxygen atoms in total. The second-order valence-corrected chi connectivity index (χ2v) is 5.59. The van der Waals surface area contributed by atoms with Gasteiger partial charge in [-0.3, -0.25) is 0 Å². The maximum atomic E-state index is 11.8. The highest BCUT2D eigenvalue weighted by Crippen LogP contribution is 2.24.